The molecular weight excluding hydrogens is 224 g/mol. The summed E-state index contributed by atoms with van der Waals surface area (Å²) in [4.78, 5) is 8.77. The molecule has 96 valence electrons. The zero-order valence-electron chi connectivity index (χ0n) is 11.1. The van der Waals surface area contributed by atoms with Crippen molar-refractivity contribution in [3.05, 3.63) is 30.4 Å². The third kappa shape index (κ3) is 2.37. The summed E-state index contributed by atoms with van der Waals surface area (Å²) < 4.78 is 2.13. The van der Waals surface area contributed by atoms with Crippen LogP contribution in [0.1, 0.15) is 32.5 Å². The first-order chi connectivity index (χ1) is 8.77. The molecule has 2 rings (SSSR count). The summed E-state index contributed by atoms with van der Waals surface area (Å²) in [5.74, 6) is 1.81. The van der Waals surface area contributed by atoms with Gasteiger partial charge in [0.25, 0.3) is 0 Å². The Kier molecular flexibility index (Phi) is 3.97. The van der Waals surface area contributed by atoms with Crippen LogP contribution in [0, 0.1) is 0 Å². The van der Waals surface area contributed by atoms with Gasteiger partial charge in [-0.1, -0.05) is 20.3 Å². The van der Waals surface area contributed by atoms with Gasteiger partial charge in [-0.05, 0) is 18.6 Å². The van der Waals surface area contributed by atoms with Crippen molar-refractivity contribution in [1.82, 2.24) is 14.5 Å². The van der Waals surface area contributed by atoms with Crippen LogP contribution < -0.4 is 5.73 Å². The van der Waals surface area contributed by atoms with Crippen molar-refractivity contribution < 1.29 is 0 Å². The zero-order valence-corrected chi connectivity index (χ0v) is 11.1. The summed E-state index contributed by atoms with van der Waals surface area (Å²) in [7, 11) is 0. The van der Waals surface area contributed by atoms with Crippen LogP contribution in [-0.4, -0.2) is 14.5 Å². The Morgan fingerprint density at radius 3 is 2.78 bits per heavy atom. The second kappa shape index (κ2) is 5.67. The molecule has 4 heteroatoms. The molecule has 0 atom stereocenters. The average molecular weight is 244 g/mol. The third-order valence-electron chi connectivity index (χ3n) is 3.07. The lowest BCUT2D eigenvalue weighted by atomic mass is 10.2. The molecule has 0 bridgehead atoms. The Bertz CT molecular complexity index is 502. The van der Waals surface area contributed by atoms with Crippen molar-refractivity contribution in [1.29, 1.82) is 0 Å². The number of hydrogen-bond acceptors (Lipinski definition) is 3. The van der Waals surface area contributed by atoms with Gasteiger partial charge in [-0.3, -0.25) is 4.98 Å². The van der Waals surface area contributed by atoms with E-state index in [1.165, 1.54) is 0 Å². The van der Waals surface area contributed by atoms with Crippen LogP contribution >= 0.6 is 0 Å². The monoisotopic (exact) mass is 244 g/mol. The first-order valence-corrected chi connectivity index (χ1v) is 6.53. The number of rotatable bonds is 5. The number of imidazole rings is 1. The van der Waals surface area contributed by atoms with Crippen LogP contribution in [0.3, 0.4) is 0 Å². The molecular formula is C14H20N4. The van der Waals surface area contributed by atoms with E-state index in [0.29, 0.717) is 0 Å². The minimum Gasteiger partial charge on any atom is -0.383 e. The van der Waals surface area contributed by atoms with Crippen molar-refractivity contribution >= 4 is 5.82 Å². The third-order valence-corrected chi connectivity index (χ3v) is 3.07. The molecule has 2 heterocycles. The van der Waals surface area contributed by atoms with Crippen molar-refractivity contribution in [2.75, 3.05) is 5.73 Å². The van der Waals surface area contributed by atoms with Crippen molar-refractivity contribution in [2.45, 2.75) is 39.7 Å². The minimum atomic E-state index is 0.758. The lowest BCUT2D eigenvalue weighted by Gasteiger charge is -2.07. The molecule has 0 saturated carbocycles. The number of nitrogens with two attached hydrogens (primary N) is 1. The summed E-state index contributed by atoms with van der Waals surface area (Å²) in [6.45, 7) is 5.23. The number of aryl methyl sites for hydroxylation is 1. The predicted molar refractivity (Wildman–Crippen MR) is 74.2 cm³/mol. The van der Waals surface area contributed by atoms with Crippen LogP contribution in [0.15, 0.2) is 24.5 Å². The molecule has 2 N–H and O–H groups in total. The Balaban J connectivity index is 2.41. The number of pyridine rings is 1. The van der Waals surface area contributed by atoms with E-state index in [4.69, 9.17) is 5.73 Å². The quantitative estimate of drug-likeness (QED) is 0.879. The van der Waals surface area contributed by atoms with E-state index in [1.807, 2.05) is 18.3 Å². The first kappa shape index (κ1) is 12.6. The summed E-state index contributed by atoms with van der Waals surface area (Å²) in [5.41, 5.74) is 8.07. The molecule has 0 fully saturated rings. The maximum atomic E-state index is 6.23. The largest absolute Gasteiger partial charge is 0.383 e. The van der Waals surface area contributed by atoms with Crippen LogP contribution in [-0.2, 0) is 13.0 Å². The number of anilines is 1. The highest BCUT2D eigenvalue weighted by Gasteiger charge is 2.14. The molecule has 0 amide bonds. The highest BCUT2D eigenvalue weighted by Crippen LogP contribution is 2.26. The Morgan fingerprint density at radius 1 is 1.33 bits per heavy atom. The van der Waals surface area contributed by atoms with Crippen molar-refractivity contribution in [3.63, 3.8) is 0 Å². The van der Waals surface area contributed by atoms with Gasteiger partial charge in [-0.25, -0.2) is 4.98 Å². The van der Waals surface area contributed by atoms with Gasteiger partial charge in [0, 0.05) is 30.9 Å². The standard InChI is InChI=1S/C14H20N4/c1-3-5-9-18-12(4-2)17-13(14(18)15)11-7-6-8-16-10-11/h6-8,10H,3-5,9,15H2,1-2H3. The van der Waals surface area contributed by atoms with E-state index in [9.17, 15) is 0 Å². The lowest BCUT2D eigenvalue weighted by molar-refractivity contribution is 0.612. The fraction of sp³-hybridized carbons (Fsp3) is 0.429. The average Bonchev–Trinajstić information content (AvgIpc) is 2.74. The maximum absolute atomic E-state index is 6.23. The van der Waals surface area contributed by atoms with Gasteiger partial charge in [-0.15, -0.1) is 0 Å². The van der Waals surface area contributed by atoms with Gasteiger partial charge in [0.1, 0.15) is 17.3 Å². The molecule has 0 saturated heterocycles. The number of hydrogen-bond donors (Lipinski definition) is 1. The highest BCUT2D eigenvalue weighted by molar-refractivity contribution is 5.70. The maximum Gasteiger partial charge on any atom is 0.131 e. The van der Waals surface area contributed by atoms with E-state index in [0.717, 1.165) is 48.7 Å². The molecule has 0 aromatic carbocycles. The molecule has 0 radical (unpaired) electrons. The van der Waals surface area contributed by atoms with E-state index in [1.54, 1.807) is 6.20 Å². The topological polar surface area (TPSA) is 56.7 Å². The second-order valence-corrected chi connectivity index (χ2v) is 4.36. The van der Waals surface area contributed by atoms with Crippen molar-refractivity contribution in [2.24, 2.45) is 0 Å². The summed E-state index contributed by atoms with van der Waals surface area (Å²) in [5, 5.41) is 0. The molecule has 0 aliphatic rings. The van der Waals surface area contributed by atoms with E-state index in [2.05, 4.69) is 28.4 Å². The molecule has 0 aliphatic carbocycles. The summed E-state index contributed by atoms with van der Waals surface area (Å²) >= 11 is 0. The van der Waals surface area contributed by atoms with Gasteiger partial charge in [0.2, 0.25) is 0 Å². The Hall–Kier alpha value is -1.84. The molecule has 2 aromatic rings. The highest BCUT2D eigenvalue weighted by atomic mass is 15.1. The number of aromatic nitrogens is 3. The Morgan fingerprint density at radius 2 is 2.17 bits per heavy atom. The second-order valence-electron chi connectivity index (χ2n) is 4.36. The Labute approximate surface area is 108 Å². The number of nitrogens with zero attached hydrogens (tertiary/aromatic N) is 3. The normalized spacial score (nSPS) is 10.8. The number of nitrogen functional groups attached to an aromatic ring is 1. The lowest BCUT2D eigenvalue weighted by Crippen LogP contribution is -2.06. The van der Waals surface area contributed by atoms with Crippen LogP contribution in [0.25, 0.3) is 11.3 Å². The summed E-state index contributed by atoms with van der Waals surface area (Å²) in [6, 6.07) is 3.90. The van der Waals surface area contributed by atoms with Crippen molar-refractivity contribution in [3.8, 4) is 11.3 Å². The SMILES string of the molecule is CCCCn1c(CC)nc(-c2cccnc2)c1N. The van der Waals surface area contributed by atoms with E-state index in [-0.39, 0.29) is 0 Å². The molecule has 4 nitrogen and oxygen atoms in total. The minimum absolute atomic E-state index is 0.758. The van der Waals surface area contributed by atoms with Crippen LogP contribution in [0.2, 0.25) is 0 Å². The molecule has 0 unspecified atom stereocenters. The summed E-state index contributed by atoms with van der Waals surface area (Å²) in [6.07, 6.45) is 6.74. The zero-order chi connectivity index (χ0) is 13.0. The van der Waals surface area contributed by atoms with Gasteiger partial charge >= 0.3 is 0 Å². The van der Waals surface area contributed by atoms with Gasteiger partial charge < -0.3 is 10.3 Å². The van der Waals surface area contributed by atoms with Gasteiger partial charge in [0.05, 0.1) is 0 Å². The predicted octanol–water partition coefficient (Wildman–Crippen LogP) is 2.89. The van der Waals surface area contributed by atoms with E-state index >= 15 is 0 Å². The molecule has 2 aromatic heterocycles. The molecule has 0 spiro atoms. The first-order valence-electron chi connectivity index (χ1n) is 6.53. The molecule has 18 heavy (non-hydrogen) atoms. The van der Waals surface area contributed by atoms with Crippen LogP contribution in [0.4, 0.5) is 5.82 Å². The molecule has 0 aliphatic heterocycles. The fourth-order valence-electron chi connectivity index (χ4n) is 2.06. The fourth-order valence-corrected chi connectivity index (χ4v) is 2.06. The van der Waals surface area contributed by atoms with Gasteiger partial charge in [0.15, 0.2) is 0 Å². The van der Waals surface area contributed by atoms with E-state index < -0.39 is 0 Å². The van der Waals surface area contributed by atoms with Crippen LogP contribution in [0.5, 0.6) is 0 Å². The smallest absolute Gasteiger partial charge is 0.131 e. The number of unbranched alkanes of at least 4 members (excludes halogenated alkanes) is 1. The van der Waals surface area contributed by atoms with Gasteiger partial charge in [-0.2, -0.15) is 0 Å².